The molecule has 2 heterocycles. The molecule has 0 unspecified atom stereocenters. The zero-order chi connectivity index (χ0) is 15.3. The summed E-state index contributed by atoms with van der Waals surface area (Å²) in [6.07, 6.45) is 5.44. The molecule has 4 nitrogen and oxygen atoms in total. The number of nitrogens with two attached hydrogens (primary N) is 1. The van der Waals surface area contributed by atoms with Gasteiger partial charge in [-0.15, -0.1) is 0 Å². The molecular weight excluding hydrogens is 272 g/mol. The van der Waals surface area contributed by atoms with Gasteiger partial charge in [0.25, 0.3) is 0 Å². The van der Waals surface area contributed by atoms with Crippen LogP contribution in [0.3, 0.4) is 0 Å². The molecule has 4 heteroatoms. The number of hydrogen-bond donors (Lipinski definition) is 2. The number of nitrogens with zero attached hydrogens (tertiary/aromatic N) is 2. The van der Waals surface area contributed by atoms with Crippen molar-refractivity contribution in [1.29, 1.82) is 0 Å². The van der Waals surface area contributed by atoms with Crippen LogP contribution in [0.1, 0.15) is 42.4 Å². The summed E-state index contributed by atoms with van der Waals surface area (Å²) in [6, 6.07) is 4.27. The fraction of sp³-hybridized carbons (Fsp3) is 0.500. The molecule has 2 aliphatic heterocycles. The largest absolute Gasteiger partial charge is 0.342 e. The topological polar surface area (TPSA) is 53.6 Å². The van der Waals surface area contributed by atoms with Crippen LogP contribution in [0, 0.1) is 12.3 Å². The lowest BCUT2D eigenvalue weighted by atomic mass is 9.94. The second-order valence-corrected chi connectivity index (χ2v) is 7.05. The average molecular weight is 296 g/mol. The van der Waals surface area contributed by atoms with Crippen molar-refractivity contribution in [2.24, 2.45) is 16.1 Å². The van der Waals surface area contributed by atoms with Crippen molar-refractivity contribution < 1.29 is 0 Å². The highest BCUT2D eigenvalue weighted by Gasteiger charge is 2.45. The van der Waals surface area contributed by atoms with Gasteiger partial charge in [0, 0.05) is 30.9 Å². The van der Waals surface area contributed by atoms with E-state index >= 15 is 0 Å². The van der Waals surface area contributed by atoms with Gasteiger partial charge in [0.1, 0.15) is 0 Å². The third-order valence-electron chi connectivity index (χ3n) is 5.44. The summed E-state index contributed by atoms with van der Waals surface area (Å²) in [5.41, 5.74) is 11.9. The number of fused-ring (bicyclic) bond motifs is 1. The van der Waals surface area contributed by atoms with Crippen LogP contribution in [0.2, 0.25) is 0 Å². The van der Waals surface area contributed by atoms with E-state index in [9.17, 15) is 0 Å². The van der Waals surface area contributed by atoms with Crippen molar-refractivity contribution in [1.82, 2.24) is 10.2 Å². The molecule has 1 spiro atoms. The lowest BCUT2D eigenvalue weighted by Crippen LogP contribution is -2.46. The lowest BCUT2D eigenvalue weighted by Gasteiger charge is -2.36. The lowest BCUT2D eigenvalue weighted by molar-refractivity contribution is 0.246. The van der Waals surface area contributed by atoms with Gasteiger partial charge in [-0.2, -0.15) is 0 Å². The maximum absolute atomic E-state index is 5.92. The predicted molar refractivity (Wildman–Crippen MR) is 90.8 cm³/mol. The summed E-state index contributed by atoms with van der Waals surface area (Å²) < 4.78 is 0. The van der Waals surface area contributed by atoms with Gasteiger partial charge in [-0.25, -0.2) is 4.99 Å². The molecule has 0 atom stereocenters. The summed E-state index contributed by atoms with van der Waals surface area (Å²) in [6.45, 7) is 8.99. The van der Waals surface area contributed by atoms with Gasteiger partial charge in [-0.1, -0.05) is 12.6 Å². The number of rotatable bonds is 1. The molecule has 0 radical (unpaired) electrons. The monoisotopic (exact) mass is 296 g/mol. The van der Waals surface area contributed by atoms with E-state index in [1.807, 2.05) is 0 Å². The van der Waals surface area contributed by atoms with Crippen LogP contribution in [0.15, 0.2) is 23.7 Å². The first-order chi connectivity index (χ1) is 10.6. The number of aryl methyl sites for hydroxylation is 1. The number of benzene rings is 1. The normalized spacial score (nSPS) is 22.2. The van der Waals surface area contributed by atoms with E-state index < -0.39 is 0 Å². The molecule has 0 aromatic heterocycles. The van der Waals surface area contributed by atoms with E-state index in [4.69, 9.17) is 10.7 Å². The molecule has 1 aromatic carbocycles. The minimum absolute atomic E-state index is 0.511. The maximum Gasteiger partial charge on any atom is 0.203 e. The number of aliphatic imine (C=N–C) groups is 1. The van der Waals surface area contributed by atoms with Crippen LogP contribution in [0.25, 0.3) is 5.70 Å². The highest BCUT2D eigenvalue weighted by Crippen LogP contribution is 2.53. The van der Waals surface area contributed by atoms with Crippen molar-refractivity contribution in [3.63, 3.8) is 0 Å². The van der Waals surface area contributed by atoms with Crippen LogP contribution in [-0.2, 0) is 6.54 Å². The first kappa shape index (κ1) is 13.8. The third kappa shape index (κ3) is 2.22. The Balaban J connectivity index is 1.66. The van der Waals surface area contributed by atoms with E-state index in [0.29, 0.717) is 12.0 Å². The number of piperidine rings is 1. The molecule has 1 saturated heterocycles. The summed E-state index contributed by atoms with van der Waals surface area (Å²) >= 11 is 0. The zero-order valence-electron chi connectivity index (χ0n) is 13.3. The minimum atomic E-state index is 0.511. The summed E-state index contributed by atoms with van der Waals surface area (Å²) in [4.78, 5) is 7.26. The highest BCUT2D eigenvalue weighted by atomic mass is 15.3. The van der Waals surface area contributed by atoms with Gasteiger partial charge in [0.2, 0.25) is 5.96 Å². The maximum atomic E-state index is 5.92. The fourth-order valence-corrected chi connectivity index (χ4v) is 3.73. The summed E-state index contributed by atoms with van der Waals surface area (Å²) in [5.74, 6) is 0.951. The first-order valence-corrected chi connectivity index (χ1v) is 8.24. The van der Waals surface area contributed by atoms with Gasteiger partial charge >= 0.3 is 0 Å². The molecule has 22 heavy (non-hydrogen) atoms. The molecule has 4 rings (SSSR count). The van der Waals surface area contributed by atoms with E-state index in [2.05, 4.69) is 35.9 Å². The van der Waals surface area contributed by atoms with Crippen LogP contribution in [0.5, 0.6) is 0 Å². The molecule has 0 amide bonds. The number of guanidine groups is 1. The van der Waals surface area contributed by atoms with E-state index in [-0.39, 0.29) is 0 Å². The van der Waals surface area contributed by atoms with E-state index in [0.717, 1.165) is 41.6 Å². The third-order valence-corrected chi connectivity index (χ3v) is 5.44. The molecule has 3 aliphatic rings. The van der Waals surface area contributed by atoms with Crippen molar-refractivity contribution in [2.45, 2.75) is 39.2 Å². The summed E-state index contributed by atoms with van der Waals surface area (Å²) in [7, 11) is 0. The van der Waals surface area contributed by atoms with Crippen LogP contribution < -0.4 is 11.1 Å². The smallest absolute Gasteiger partial charge is 0.203 e. The molecule has 0 bridgehead atoms. The van der Waals surface area contributed by atoms with Gasteiger partial charge in [0.15, 0.2) is 0 Å². The fourth-order valence-electron chi connectivity index (χ4n) is 3.73. The molecule has 3 N–H and O–H groups in total. The molecule has 1 aromatic rings. The molecule has 1 saturated carbocycles. The van der Waals surface area contributed by atoms with Crippen LogP contribution in [-0.4, -0.2) is 23.9 Å². The second-order valence-electron chi connectivity index (χ2n) is 7.05. The first-order valence-electron chi connectivity index (χ1n) is 8.24. The van der Waals surface area contributed by atoms with Crippen molar-refractivity contribution >= 4 is 17.3 Å². The number of likely N-dealkylation sites (tertiary alicyclic amines) is 1. The van der Waals surface area contributed by atoms with Gasteiger partial charge in [-0.05, 0) is 55.2 Å². The minimum Gasteiger partial charge on any atom is -0.342 e. The SMILES string of the molecule is C=C1NC(N2CCC3(CC2)CC3)=Nc2c(CN)cc(C)cc21. The Morgan fingerprint density at radius 1 is 1.27 bits per heavy atom. The molecular formula is C18H24N4. The van der Waals surface area contributed by atoms with E-state index in [1.165, 1.54) is 31.2 Å². The van der Waals surface area contributed by atoms with Crippen molar-refractivity contribution in [3.8, 4) is 0 Å². The average Bonchev–Trinajstić information content (AvgIpc) is 3.27. The Labute approximate surface area is 132 Å². The molecule has 1 aliphatic carbocycles. The van der Waals surface area contributed by atoms with Crippen LogP contribution >= 0.6 is 0 Å². The van der Waals surface area contributed by atoms with Crippen LogP contribution in [0.4, 0.5) is 5.69 Å². The standard InChI is InChI=1S/C18H24N4/c1-12-9-14(11-19)16-15(10-12)13(2)20-17(21-16)22-7-5-18(3-4-18)6-8-22/h9-10H,2-8,11,19H2,1H3,(H,20,21). The Hall–Kier alpha value is -1.81. The Morgan fingerprint density at radius 3 is 2.64 bits per heavy atom. The number of nitrogens with one attached hydrogen (secondary N) is 1. The Bertz CT molecular complexity index is 660. The molecule has 116 valence electrons. The second kappa shape index (κ2) is 4.85. The highest BCUT2D eigenvalue weighted by molar-refractivity contribution is 5.97. The van der Waals surface area contributed by atoms with Crippen molar-refractivity contribution in [3.05, 3.63) is 35.4 Å². The predicted octanol–water partition coefficient (Wildman–Crippen LogP) is 2.89. The summed E-state index contributed by atoms with van der Waals surface area (Å²) in [5, 5.41) is 3.41. The van der Waals surface area contributed by atoms with Gasteiger partial charge in [-0.3, -0.25) is 0 Å². The molecule has 2 fully saturated rings. The Morgan fingerprint density at radius 2 is 2.00 bits per heavy atom. The van der Waals surface area contributed by atoms with Gasteiger partial charge < -0.3 is 16.0 Å². The van der Waals surface area contributed by atoms with Crippen molar-refractivity contribution in [2.75, 3.05) is 13.1 Å². The van der Waals surface area contributed by atoms with E-state index in [1.54, 1.807) is 0 Å². The quantitative estimate of drug-likeness (QED) is 0.838. The number of hydrogen-bond acceptors (Lipinski definition) is 4. The zero-order valence-corrected chi connectivity index (χ0v) is 13.3. The van der Waals surface area contributed by atoms with Gasteiger partial charge in [0.05, 0.1) is 5.69 Å². The Kier molecular flexibility index (Phi) is 3.05.